The number of carbonyl (C=O) groups excluding carboxylic acids is 1. The predicted octanol–water partition coefficient (Wildman–Crippen LogP) is 1.69. The third-order valence-electron chi connectivity index (χ3n) is 2.61. The Labute approximate surface area is 113 Å². The number of hydrogen-bond acceptors (Lipinski definition) is 3. The van der Waals surface area contributed by atoms with Gasteiger partial charge in [0, 0.05) is 23.4 Å². The van der Waals surface area contributed by atoms with Gasteiger partial charge < -0.3 is 11.1 Å². The maximum atomic E-state index is 12.0. The van der Waals surface area contributed by atoms with E-state index in [1.165, 1.54) is 0 Å². The van der Waals surface area contributed by atoms with Crippen molar-refractivity contribution in [3.05, 3.63) is 46.2 Å². The van der Waals surface area contributed by atoms with Crippen LogP contribution in [0, 0.1) is 0 Å². The van der Waals surface area contributed by atoms with Crippen molar-refractivity contribution in [3.63, 3.8) is 0 Å². The molecule has 1 amide bonds. The number of hydrogen-bond donors (Lipinski definition) is 2. The molecule has 0 bridgehead atoms. The molecule has 2 rings (SSSR count). The van der Waals surface area contributed by atoms with Crippen LogP contribution in [0.3, 0.4) is 0 Å². The molecule has 0 spiro atoms. The first-order valence-electron chi connectivity index (χ1n) is 5.38. The summed E-state index contributed by atoms with van der Waals surface area (Å²) in [6.07, 6.45) is 1.69. The van der Waals surface area contributed by atoms with Crippen LogP contribution in [0.25, 0.3) is 0 Å². The van der Waals surface area contributed by atoms with Crippen molar-refractivity contribution in [2.45, 2.75) is 6.54 Å². The van der Waals surface area contributed by atoms with Crippen molar-refractivity contribution in [3.8, 4) is 0 Å². The zero-order valence-electron chi connectivity index (χ0n) is 9.85. The molecule has 18 heavy (non-hydrogen) atoms. The summed E-state index contributed by atoms with van der Waals surface area (Å²) in [4.78, 5) is 12.0. The standard InChI is InChI=1S/C12H13BrN4O/c1-17-9(4-5-16-17)7-15-12(18)10-6-8(13)2-3-11(10)14/h2-6H,7,14H2,1H3,(H,15,18). The molecular weight excluding hydrogens is 296 g/mol. The Hall–Kier alpha value is -1.82. The van der Waals surface area contributed by atoms with Crippen molar-refractivity contribution in [2.24, 2.45) is 7.05 Å². The highest BCUT2D eigenvalue weighted by Crippen LogP contribution is 2.18. The van der Waals surface area contributed by atoms with Gasteiger partial charge in [-0.2, -0.15) is 5.10 Å². The van der Waals surface area contributed by atoms with Crippen LogP contribution >= 0.6 is 15.9 Å². The number of halogens is 1. The number of nitrogens with two attached hydrogens (primary N) is 1. The van der Waals surface area contributed by atoms with E-state index in [1.54, 1.807) is 29.1 Å². The average molecular weight is 309 g/mol. The minimum Gasteiger partial charge on any atom is -0.398 e. The highest BCUT2D eigenvalue weighted by Gasteiger charge is 2.10. The molecule has 0 aliphatic heterocycles. The first kappa shape index (κ1) is 12.6. The van der Waals surface area contributed by atoms with E-state index < -0.39 is 0 Å². The zero-order valence-corrected chi connectivity index (χ0v) is 11.4. The molecule has 94 valence electrons. The number of nitrogen functional groups attached to an aromatic ring is 1. The number of nitrogens with one attached hydrogen (secondary N) is 1. The van der Waals surface area contributed by atoms with Crippen molar-refractivity contribution in [2.75, 3.05) is 5.73 Å². The Morgan fingerprint density at radius 1 is 1.50 bits per heavy atom. The molecule has 0 atom stereocenters. The third-order valence-corrected chi connectivity index (χ3v) is 3.11. The van der Waals surface area contributed by atoms with Gasteiger partial charge in [-0.05, 0) is 24.3 Å². The Balaban J connectivity index is 2.08. The van der Waals surface area contributed by atoms with Crippen molar-refractivity contribution in [1.29, 1.82) is 0 Å². The van der Waals surface area contributed by atoms with Gasteiger partial charge in [-0.15, -0.1) is 0 Å². The average Bonchev–Trinajstić information content (AvgIpc) is 2.75. The van der Waals surface area contributed by atoms with Crippen LogP contribution in [0.4, 0.5) is 5.69 Å². The lowest BCUT2D eigenvalue weighted by molar-refractivity contribution is 0.0951. The Bertz CT molecular complexity index is 579. The van der Waals surface area contributed by atoms with Crippen LogP contribution in [0.5, 0.6) is 0 Å². The number of nitrogens with zero attached hydrogens (tertiary/aromatic N) is 2. The summed E-state index contributed by atoms with van der Waals surface area (Å²) in [6.45, 7) is 0.418. The molecule has 6 heteroatoms. The van der Waals surface area contributed by atoms with Gasteiger partial charge in [-0.3, -0.25) is 9.48 Å². The predicted molar refractivity (Wildman–Crippen MR) is 72.9 cm³/mol. The molecule has 1 aromatic carbocycles. The lowest BCUT2D eigenvalue weighted by Crippen LogP contribution is -2.24. The molecule has 0 aliphatic rings. The van der Waals surface area contributed by atoms with E-state index in [1.807, 2.05) is 13.1 Å². The van der Waals surface area contributed by atoms with Crippen LogP contribution in [-0.2, 0) is 13.6 Å². The van der Waals surface area contributed by atoms with Crippen LogP contribution in [-0.4, -0.2) is 15.7 Å². The molecule has 0 aliphatic carbocycles. The highest BCUT2D eigenvalue weighted by molar-refractivity contribution is 9.10. The smallest absolute Gasteiger partial charge is 0.253 e. The van der Waals surface area contributed by atoms with Gasteiger partial charge in [0.2, 0.25) is 0 Å². The minimum absolute atomic E-state index is 0.199. The molecule has 5 nitrogen and oxygen atoms in total. The van der Waals surface area contributed by atoms with E-state index in [4.69, 9.17) is 5.73 Å². The quantitative estimate of drug-likeness (QED) is 0.848. The summed E-state index contributed by atoms with van der Waals surface area (Å²) in [5.74, 6) is -0.199. The normalized spacial score (nSPS) is 10.3. The Morgan fingerprint density at radius 2 is 2.28 bits per heavy atom. The summed E-state index contributed by atoms with van der Waals surface area (Å²) < 4.78 is 2.53. The van der Waals surface area contributed by atoms with Gasteiger partial charge in [-0.1, -0.05) is 15.9 Å². The maximum Gasteiger partial charge on any atom is 0.253 e. The fourth-order valence-electron chi connectivity index (χ4n) is 1.57. The Morgan fingerprint density at radius 3 is 2.94 bits per heavy atom. The number of anilines is 1. The second-order valence-electron chi connectivity index (χ2n) is 3.86. The SMILES string of the molecule is Cn1nccc1CNC(=O)c1cc(Br)ccc1N. The maximum absolute atomic E-state index is 12.0. The van der Waals surface area contributed by atoms with Crippen LogP contribution < -0.4 is 11.1 Å². The fourth-order valence-corrected chi connectivity index (χ4v) is 1.93. The van der Waals surface area contributed by atoms with Crippen molar-refractivity contribution >= 4 is 27.5 Å². The summed E-state index contributed by atoms with van der Waals surface area (Å²) in [7, 11) is 1.83. The fraction of sp³-hybridized carbons (Fsp3) is 0.167. The summed E-state index contributed by atoms with van der Waals surface area (Å²) in [6, 6.07) is 7.05. The molecule has 1 aromatic heterocycles. The lowest BCUT2D eigenvalue weighted by Gasteiger charge is -2.08. The first-order valence-corrected chi connectivity index (χ1v) is 6.17. The Kier molecular flexibility index (Phi) is 3.66. The summed E-state index contributed by atoms with van der Waals surface area (Å²) >= 11 is 3.32. The number of benzene rings is 1. The number of rotatable bonds is 3. The third kappa shape index (κ3) is 2.70. The van der Waals surface area contributed by atoms with Crippen LogP contribution in [0.15, 0.2) is 34.9 Å². The number of carbonyl (C=O) groups is 1. The molecule has 0 fully saturated rings. The minimum atomic E-state index is -0.199. The second kappa shape index (κ2) is 5.22. The lowest BCUT2D eigenvalue weighted by atomic mass is 10.1. The topological polar surface area (TPSA) is 72.9 Å². The largest absolute Gasteiger partial charge is 0.398 e. The van der Waals surface area contributed by atoms with E-state index >= 15 is 0 Å². The molecule has 2 aromatic rings. The summed E-state index contributed by atoms with van der Waals surface area (Å²) in [5, 5.41) is 6.84. The number of aromatic nitrogens is 2. The van der Waals surface area contributed by atoms with E-state index in [9.17, 15) is 4.79 Å². The molecular formula is C12H13BrN4O. The van der Waals surface area contributed by atoms with Gasteiger partial charge in [0.05, 0.1) is 17.8 Å². The van der Waals surface area contributed by atoms with Gasteiger partial charge in [0.25, 0.3) is 5.91 Å². The van der Waals surface area contributed by atoms with Gasteiger partial charge in [-0.25, -0.2) is 0 Å². The monoisotopic (exact) mass is 308 g/mol. The van der Waals surface area contributed by atoms with Gasteiger partial charge >= 0.3 is 0 Å². The summed E-state index contributed by atoms with van der Waals surface area (Å²) in [5.41, 5.74) is 7.62. The van der Waals surface area contributed by atoms with E-state index in [0.29, 0.717) is 17.8 Å². The van der Waals surface area contributed by atoms with E-state index in [2.05, 4.69) is 26.3 Å². The molecule has 0 radical (unpaired) electrons. The number of amides is 1. The van der Waals surface area contributed by atoms with Gasteiger partial charge in [0.1, 0.15) is 0 Å². The van der Waals surface area contributed by atoms with Crippen LogP contribution in [0.2, 0.25) is 0 Å². The zero-order chi connectivity index (χ0) is 13.1. The molecule has 0 saturated heterocycles. The van der Waals surface area contributed by atoms with Gasteiger partial charge in [0.15, 0.2) is 0 Å². The van der Waals surface area contributed by atoms with Crippen molar-refractivity contribution < 1.29 is 4.79 Å². The first-order chi connectivity index (χ1) is 8.58. The molecule has 0 unspecified atom stereocenters. The second-order valence-corrected chi connectivity index (χ2v) is 4.78. The van der Waals surface area contributed by atoms with E-state index in [0.717, 1.165) is 10.2 Å². The number of aryl methyl sites for hydroxylation is 1. The highest BCUT2D eigenvalue weighted by atomic mass is 79.9. The van der Waals surface area contributed by atoms with Crippen LogP contribution in [0.1, 0.15) is 16.1 Å². The van der Waals surface area contributed by atoms with E-state index in [-0.39, 0.29) is 5.91 Å². The molecule has 1 heterocycles. The molecule has 0 saturated carbocycles. The molecule has 3 N–H and O–H groups in total. The van der Waals surface area contributed by atoms with Crippen molar-refractivity contribution in [1.82, 2.24) is 15.1 Å².